The van der Waals surface area contributed by atoms with E-state index in [1.165, 1.54) is 0 Å². The Morgan fingerprint density at radius 1 is 1.50 bits per heavy atom. The molecule has 1 saturated heterocycles. The highest BCUT2D eigenvalue weighted by Crippen LogP contribution is 2.21. The Balaban J connectivity index is 2.12. The largest absolute Gasteiger partial charge is 0.334 e. The molecule has 1 aliphatic rings. The molecule has 1 fully saturated rings. The standard InChI is InChI=1S/C14H19IN2O/c1-16(2)10-13-7-4-8-17(13)14(18)11-5-3-6-12(15)9-11/h3,5-6,9,13H,4,7-8,10H2,1-2H3. The predicted molar refractivity (Wildman–Crippen MR) is 81.8 cm³/mol. The molecule has 0 spiro atoms. The van der Waals surface area contributed by atoms with Gasteiger partial charge in [0.15, 0.2) is 0 Å². The summed E-state index contributed by atoms with van der Waals surface area (Å²) >= 11 is 2.25. The summed E-state index contributed by atoms with van der Waals surface area (Å²) in [5.74, 6) is 0.179. The van der Waals surface area contributed by atoms with E-state index < -0.39 is 0 Å². The minimum atomic E-state index is 0.179. The first-order valence-corrected chi connectivity index (χ1v) is 7.37. The lowest BCUT2D eigenvalue weighted by atomic mass is 10.1. The van der Waals surface area contributed by atoms with Crippen LogP contribution in [0.4, 0.5) is 0 Å². The molecule has 1 amide bonds. The number of nitrogens with zero attached hydrogens (tertiary/aromatic N) is 2. The van der Waals surface area contributed by atoms with Crippen LogP contribution in [0.25, 0.3) is 0 Å². The van der Waals surface area contributed by atoms with Gasteiger partial charge in [-0.2, -0.15) is 0 Å². The highest BCUT2D eigenvalue weighted by atomic mass is 127. The van der Waals surface area contributed by atoms with E-state index >= 15 is 0 Å². The van der Waals surface area contributed by atoms with E-state index in [1.807, 2.05) is 29.2 Å². The Kier molecular flexibility index (Phi) is 4.61. The first-order valence-electron chi connectivity index (χ1n) is 6.29. The summed E-state index contributed by atoms with van der Waals surface area (Å²) in [6, 6.07) is 8.21. The molecule has 0 aromatic heterocycles. The van der Waals surface area contributed by atoms with E-state index in [2.05, 4.69) is 41.6 Å². The van der Waals surface area contributed by atoms with Crippen LogP contribution in [0.15, 0.2) is 24.3 Å². The maximum Gasteiger partial charge on any atom is 0.254 e. The number of amides is 1. The van der Waals surface area contributed by atoms with Crippen LogP contribution >= 0.6 is 22.6 Å². The van der Waals surface area contributed by atoms with Crippen LogP contribution in [0.1, 0.15) is 23.2 Å². The van der Waals surface area contributed by atoms with Crippen molar-refractivity contribution >= 4 is 28.5 Å². The van der Waals surface area contributed by atoms with Gasteiger partial charge in [-0.15, -0.1) is 0 Å². The fourth-order valence-corrected chi connectivity index (χ4v) is 3.04. The molecule has 0 N–H and O–H groups in total. The zero-order valence-corrected chi connectivity index (χ0v) is 13.1. The summed E-state index contributed by atoms with van der Waals surface area (Å²) in [6.45, 7) is 1.85. The fourth-order valence-electron chi connectivity index (χ4n) is 2.50. The number of halogens is 1. The molecule has 2 rings (SSSR count). The van der Waals surface area contributed by atoms with Crippen molar-refractivity contribution in [2.24, 2.45) is 0 Å². The second-order valence-corrected chi connectivity index (χ2v) is 6.31. The normalized spacial score (nSPS) is 19.6. The molecule has 0 radical (unpaired) electrons. The Labute approximate surface area is 122 Å². The number of likely N-dealkylation sites (tertiary alicyclic amines) is 1. The monoisotopic (exact) mass is 358 g/mol. The maximum absolute atomic E-state index is 12.5. The maximum atomic E-state index is 12.5. The van der Waals surface area contributed by atoms with E-state index in [-0.39, 0.29) is 5.91 Å². The number of carbonyl (C=O) groups excluding carboxylic acids is 1. The first kappa shape index (κ1) is 13.8. The topological polar surface area (TPSA) is 23.6 Å². The summed E-state index contributed by atoms with van der Waals surface area (Å²) in [5.41, 5.74) is 0.813. The lowest BCUT2D eigenvalue weighted by molar-refractivity contribution is 0.0716. The van der Waals surface area contributed by atoms with Gasteiger partial charge in [-0.05, 0) is 67.7 Å². The lowest BCUT2D eigenvalue weighted by Crippen LogP contribution is -2.41. The van der Waals surface area contributed by atoms with Gasteiger partial charge in [0.1, 0.15) is 0 Å². The van der Waals surface area contributed by atoms with Crippen molar-refractivity contribution in [1.29, 1.82) is 0 Å². The number of hydrogen-bond acceptors (Lipinski definition) is 2. The number of hydrogen-bond donors (Lipinski definition) is 0. The average molecular weight is 358 g/mol. The van der Waals surface area contributed by atoms with Crippen molar-refractivity contribution in [3.63, 3.8) is 0 Å². The Hall–Kier alpha value is -0.620. The number of likely N-dealkylation sites (N-methyl/N-ethyl adjacent to an activating group) is 1. The van der Waals surface area contributed by atoms with Gasteiger partial charge in [0.25, 0.3) is 5.91 Å². The molecule has 1 atom stereocenters. The smallest absolute Gasteiger partial charge is 0.254 e. The zero-order valence-electron chi connectivity index (χ0n) is 10.9. The fraction of sp³-hybridized carbons (Fsp3) is 0.500. The first-order chi connectivity index (χ1) is 8.58. The Morgan fingerprint density at radius 2 is 2.28 bits per heavy atom. The van der Waals surface area contributed by atoms with Crippen molar-refractivity contribution in [2.45, 2.75) is 18.9 Å². The molecule has 0 bridgehead atoms. The van der Waals surface area contributed by atoms with Crippen LogP contribution < -0.4 is 0 Å². The van der Waals surface area contributed by atoms with E-state index in [1.54, 1.807) is 0 Å². The van der Waals surface area contributed by atoms with Crippen LogP contribution in [-0.2, 0) is 0 Å². The third kappa shape index (κ3) is 3.23. The van der Waals surface area contributed by atoms with Gasteiger partial charge in [0.05, 0.1) is 0 Å². The van der Waals surface area contributed by atoms with Gasteiger partial charge < -0.3 is 9.80 Å². The van der Waals surface area contributed by atoms with E-state index in [4.69, 9.17) is 0 Å². The molecule has 1 aromatic carbocycles. The van der Waals surface area contributed by atoms with Crippen molar-refractivity contribution in [1.82, 2.24) is 9.80 Å². The second-order valence-electron chi connectivity index (χ2n) is 5.07. The SMILES string of the molecule is CN(C)CC1CCCN1C(=O)c1cccc(I)c1. The van der Waals surface area contributed by atoms with Crippen LogP contribution in [0, 0.1) is 3.57 Å². The molecular formula is C14H19IN2O. The predicted octanol–water partition coefficient (Wildman–Crippen LogP) is 2.46. The van der Waals surface area contributed by atoms with Crippen molar-refractivity contribution in [2.75, 3.05) is 27.2 Å². The molecule has 0 saturated carbocycles. The van der Waals surface area contributed by atoms with Gasteiger partial charge in [0, 0.05) is 28.3 Å². The number of rotatable bonds is 3. The molecule has 1 aromatic rings. The van der Waals surface area contributed by atoms with E-state index in [0.717, 1.165) is 35.1 Å². The minimum absolute atomic E-state index is 0.179. The summed E-state index contributed by atoms with van der Waals surface area (Å²) in [7, 11) is 4.12. The molecule has 18 heavy (non-hydrogen) atoms. The summed E-state index contributed by atoms with van der Waals surface area (Å²) in [6.07, 6.45) is 2.24. The molecule has 98 valence electrons. The van der Waals surface area contributed by atoms with E-state index in [0.29, 0.717) is 6.04 Å². The van der Waals surface area contributed by atoms with Gasteiger partial charge in [0.2, 0.25) is 0 Å². The average Bonchev–Trinajstić information content (AvgIpc) is 2.75. The third-order valence-electron chi connectivity index (χ3n) is 3.29. The molecule has 4 heteroatoms. The van der Waals surface area contributed by atoms with Crippen LogP contribution in [0.3, 0.4) is 0 Å². The zero-order chi connectivity index (χ0) is 13.1. The summed E-state index contributed by atoms with van der Waals surface area (Å²) < 4.78 is 1.11. The summed E-state index contributed by atoms with van der Waals surface area (Å²) in [5, 5.41) is 0. The highest BCUT2D eigenvalue weighted by Gasteiger charge is 2.29. The van der Waals surface area contributed by atoms with Gasteiger partial charge in [-0.1, -0.05) is 6.07 Å². The molecule has 0 aliphatic carbocycles. The molecule has 1 aliphatic heterocycles. The van der Waals surface area contributed by atoms with E-state index in [9.17, 15) is 4.79 Å². The summed E-state index contributed by atoms with van der Waals surface area (Å²) in [4.78, 5) is 16.7. The number of benzene rings is 1. The van der Waals surface area contributed by atoms with Gasteiger partial charge in [-0.25, -0.2) is 0 Å². The van der Waals surface area contributed by atoms with Crippen molar-refractivity contribution in [3.05, 3.63) is 33.4 Å². The molecule has 1 unspecified atom stereocenters. The minimum Gasteiger partial charge on any atom is -0.334 e. The quantitative estimate of drug-likeness (QED) is 0.775. The van der Waals surface area contributed by atoms with Crippen LogP contribution in [-0.4, -0.2) is 48.9 Å². The third-order valence-corrected chi connectivity index (χ3v) is 3.96. The molecule has 1 heterocycles. The van der Waals surface area contributed by atoms with Crippen molar-refractivity contribution in [3.8, 4) is 0 Å². The van der Waals surface area contributed by atoms with Gasteiger partial charge >= 0.3 is 0 Å². The molecular weight excluding hydrogens is 339 g/mol. The van der Waals surface area contributed by atoms with Crippen LogP contribution in [0.2, 0.25) is 0 Å². The molecule has 3 nitrogen and oxygen atoms in total. The van der Waals surface area contributed by atoms with Crippen LogP contribution in [0.5, 0.6) is 0 Å². The number of carbonyl (C=O) groups is 1. The Morgan fingerprint density at radius 3 is 2.94 bits per heavy atom. The highest BCUT2D eigenvalue weighted by molar-refractivity contribution is 14.1. The Bertz CT molecular complexity index is 434. The van der Waals surface area contributed by atoms with Crippen molar-refractivity contribution < 1.29 is 4.79 Å². The lowest BCUT2D eigenvalue weighted by Gasteiger charge is -2.27. The second kappa shape index (κ2) is 6.02. The van der Waals surface area contributed by atoms with Gasteiger partial charge in [-0.3, -0.25) is 4.79 Å².